The monoisotopic (exact) mass is 385 g/mol. The second-order valence-electron chi connectivity index (χ2n) is 5.99. The topological polar surface area (TPSA) is 55.3 Å². The largest absolute Gasteiger partial charge is 0.456 e. The van der Waals surface area contributed by atoms with Gasteiger partial charge in [0.15, 0.2) is 0 Å². The van der Waals surface area contributed by atoms with Crippen LogP contribution in [0.5, 0.6) is 0 Å². The lowest BCUT2D eigenvalue weighted by Gasteiger charge is -2.17. The Morgan fingerprint density at radius 1 is 1.23 bits per heavy atom. The number of thiophene rings is 1. The summed E-state index contributed by atoms with van der Waals surface area (Å²) >= 11 is 7.31. The summed E-state index contributed by atoms with van der Waals surface area (Å²) in [5, 5.41) is 2.27. The zero-order chi connectivity index (χ0) is 17.9. The van der Waals surface area contributed by atoms with E-state index in [-0.39, 0.29) is 12.1 Å². The first-order valence-electron chi connectivity index (χ1n) is 8.27. The molecule has 1 aliphatic heterocycles. The molecule has 132 valence electrons. The third-order valence-electron chi connectivity index (χ3n) is 4.27. The minimum atomic E-state index is -0.275. The molecule has 0 N–H and O–H groups in total. The van der Waals surface area contributed by atoms with Crippen LogP contribution in [0.25, 0.3) is 11.1 Å². The minimum Gasteiger partial charge on any atom is -0.456 e. The number of nitrogens with zero attached hydrogens (tertiary/aromatic N) is 3. The number of carbonyl (C=O) groups is 1. The van der Waals surface area contributed by atoms with Gasteiger partial charge in [-0.1, -0.05) is 41.9 Å². The van der Waals surface area contributed by atoms with Crippen LogP contribution in [0.1, 0.15) is 16.1 Å². The van der Waals surface area contributed by atoms with Crippen molar-refractivity contribution in [3.05, 3.63) is 64.2 Å². The average Bonchev–Trinajstić information content (AvgIpc) is 3.32. The molecule has 26 heavy (non-hydrogen) atoms. The number of hydrogen-bond acceptors (Lipinski definition) is 6. The van der Waals surface area contributed by atoms with Crippen LogP contribution < -0.4 is 4.90 Å². The van der Waals surface area contributed by atoms with Crippen LogP contribution in [0.4, 0.5) is 5.82 Å². The summed E-state index contributed by atoms with van der Waals surface area (Å²) in [6, 6.07) is 11.8. The number of anilines is 1. The number of esters is 1. The Morgan fingerprint density at radius 2 is 2.08 bits per heavy atom. The van der Waals surface area contributed by atoms with Crippen molar-refractivity contribution in [2.75, 3.05) is 18.0 Å². The number of halogens is 1. The van der Waals surface area contributed by atoms with Gasteiger partial charge in [-0.2, -0.15) is 0 Å². The molecule has 1 unspecified atom stereocenters. The molecule has 1 saturated heterocycles. The van der Waals surface area contributed by atoms with Crippen molar-refractivity contribution in [2.24, 2.45) is 0 Å². The SMILES string of the molecule is O=C(OC1CCN(c2cncc(Cl)n2)C1)c1sccc1-c1ccccc1. The summed E-state index contributed by atoms with van der Waals surface area (Å²) in [5.74, 6) is 0.431. The summed E-state index contributed by atoms with van der Waals surface area (Å²) in [6.45, 7) is 1.34. The molecule has 3 heterocycles. The maximum absolute atomic E-state index is 12.7. The lowest BCUT2D eigenvalue weighted by Crippen LogP contribution is -2.25. The molecule has 7 heteroatoms. The van der Waals surface area contributed by atoms with Crippen molar-refractivity contribution in [2.45, 2.75) is 12.5 Å². The summed E-state index contributed by atoms with van der Waals surface area (Å²) in [7, 11) is 0. The lowest BCUT2D eigenvalue weighted by atomic mass is 10.1. The molecule has 1 aromatic carbocycles. The highest BCUT2D eigenvalue weighted by Gasteiger charge is 2.28. The first-order chi connectivity index (χ1) is 12.7. The fourth-order valence-corrected chi connectivity index (χ4v) is 3.98. The first kappa shape index (κ1) is 17.0. The Balaban J connectivity index is 1.45. The van der Waals surface area contributed by atoms with Crippen LogP contribution in [0.15, 0.2) is 54.2 Å². The number of ether oxygens (including phenoxy) is 1. The van der Waals surface area contributed by atoms with Gasteiger partial charge >= 0.3 is 5.97 Å². The summed E-state index contributed by atoms with van der Waals surface area (Å²) in [4.78, 5) is 23.7. The van der Waals surface area contributed by atoms with Crippen LogP contribution in [-0.2, 0) is 4.74 Å². The fourth-order valence-electron chi connectivity index (χ4n) is 3.03. The highest BCUT2D eigenvalue weighted by molar-refractivity contribution is 7.12. The molecule has 5 nitrogen and oxygen atoms in total. The number of benzene rings is 1. The van der Waals surface area contributed by atoms with Gasteiger partial charge in [0.2, 0.25) is 0 Å². The van der Waals surface area contributed by atoms with Gasteiger partial charge in [0.1, 0.15) is 22.0 Å². The van der Waals surface area contributed by atoms with E-state index >= 15 is 0 Å². The van der Waals surface area contributed by atoms with E-state index in [0.717, 1.165) is 24.1 Å². The summed E-state index contributed by atoms with van der Waals surface area (Å²) in [6.07, 6.45) is 3.75. The van der Waals surface area contributed by atoms with Gasteiger partial charge in [-0.05, 0) is 17.0 Å². The Kier molecular flexibility index (Phi) is 4.86. The van der Waals surface area contributed by atoms with Crippen LogP contribution >= 0.6 is 22.9 Å². The van der Waals surface area contributed by atoms with E-state index in [1.165, 1.54) is 17.5 Å². The van der Waals surface area contributed by atoms with Gasteiger partial charge < -0.3 is 9.64 Å². The molecule has 0 saturated carbocycles. The Labute approximate surface area is 160 Å². The van der Waals surface area contributed by atoms with Gasteiger partial charge in [-0.3, -0.25) is 4.98 Å². The van der Waals surface area contributed by atoms with Gasteiger partial charge in [-0.15, -0.1) is 11.3 Å². The molecular weight excluding hydrogens is 370 g/mol. The molecule has 3 aromatic rings. The normalized spacial score (nSPS) is 16.7. The molecule has 2 aromatic heterocycles. The number of hydrogen-bond donors (Lipinski definition) is 0. The number of aromatic nitrogens is 2. The second-order valence-corrected chi connectivity index (χ2v) is 7.29. The van der Waals surface area contributed by atoms with E-state index in [0.29, 0.717) is 22.4 Å². The summed E-state index contributed by atoms with van der Waals surface area (Å²) in [5.41, 5.74) is 1.93. The van der Waals surface area contributed by atoms with Crippen molar-refractivity contribution in [3.63, 3.8) is 0 Å². The van der Waals surface area contributed by atoms with Crippen molar-refractivity contribution in [1.82, 2.24) is 9.97 Å². The van der Waals surface area contributed by atoms with E-state index < -0.39 is 0 Å². The molecule has 0 radical (unpaired) electrons. The molecule has 4 rings (SSSR count). The first-order valence-corrected chi connectivity index (χ1v) is 9.53. The predicted octanol–water partition coefficient (Wildman–Crippen LogP) is 4.29. The van der Waals surface area contributed by atoms with Gasteiger partial charge in [-0.25, -0.2) is 9.78 Å². The van der Waals surface area contributed by atoms with E-state index in [1.54, 1.807) is 6.20 Å². The average molecular weight is 386 g/mol. The van der Waals surface area contributed by atoms with Gasteiger partial charge in [0, 0.05) is 18.5 Å². The van der Waals surface area contributed by atoms with E-state index in [9.17, 15) is 4.79 Å². The molecule has 0 aliphatic carbocycles. The molecule has 1 atom stereocenters. The van der Waals surface area contributed by atoms with Gasteiger partial charge in [0.25, 0.3) is 0 Å². The highest BCUT2D eigenvalue weighted by atomic mass is 35.5. The maximum Gasteiger partial charge on any atom is 0.349 e. The van der Waals surface area contributed by atoms with Crippen molar-refractivity contribution in [3.8, 4) is 11.1 Å². The quantitative estimate of drug-likeness (QED) is 0.627. The van der Waals surface area contributed by atoms with E-state index in [2.05, 4.69) is 9.97 Å². The Hall–Kier alpha value is -2.44. The smallest absolute Gasteiger partial charge is 0.349 e. The number of carbonyl (C=O) groups excluding carboxylic acids is 1. The molecule has 0 amide bonds. The lowest BCUT2D eigenvalue weighted by molar-refractivity contribution is 0.0354. The number of rotatable bonds is 4. The molecule has 1 aliphatic rings. The van der Waals surface area contributed by atoms with Crippen molar-refractivity contribution >= 4 is 34.7 Å². The maximum atomic E-state index is 12.7. The predicted molar refractivity (Wildman–Crippen MR) is 103 cm³/mol. The zero-order valence-corrected chi connectivity index (χ0v) is 15.4. The van der Waals surface area contributed by atoms with Crippen LogP contribution in [0.2, 0.25) is 5.15 Å². The Bertz CT molecular complexity index is 916. The minimum absolute atomic E-state index is 0.172. The molecule has 1 fully saturated rings. The standard InChI is InChI=1S/C19H16ClN3O2S/c20-16-10-21-11-17(22-16)23-8-6-14(12-23)25-19(24)18-15(7-9-26-18)13-4-2-1-3-5-13/h1-5,7,9-11,14H,6,8,12H2. The van der Waals surface area contributed by atoms with Crippen LogP contribution in [0, 0.1) is 0 Å². The molecule has 0 bridgehead atoms. The van der Waals surface area contributed by atoms with Crippen LogP contribution in [-0.4, -0.2) is 35.1 Å². The van der Waals surface area contributed by atoms with E-state index in [1.807, 2.05) is 46.7 Å². The van der Waals surface area contributed by atoms with E-state index in [4.69, 9.17) is 16.3 Å². The van der Waals surface area contributed by atoms with Crippen molar-refractivity contribution in [1.29, 1.82) is 0 Å². The third kappa shape index (κ3) is 3.57. The molecule has 0 spiro atoms. The zero-order valence-electron chi connectivity index (χ0n) is 13.8. The van der Waals surface area contributed by atoms with Crippen molar-refractivity contribution < 1.29 is 9.53 Å². The Morgan fingerprint density at radius 3 is 2.88 bits per heavy atom. The third-order valence-corrected chi connectivity index (χ3v) is 5.35. The fraction of sp³-hybridized carbons (Fsp3) is 0.211. The second kappa shape index (κ2) is 7.43. The van der Waals surface area contributed by atoms with Crippen LogP contribution in [0.3, 0.4) is 0 Å². The highest BCUT2D eigenvalue weighted by Crippen LogP contribution is 2.30. The molecular formula is C19H16ClN3O2S. The summed E-state index contributed by atoms with van der Waals surface area (Å²) < 4.78 is 5.75. The van der Waals surface area contributed by atoms with Gasteiger partial charge in [0.05, 0.1) is 18.9 Å².